The number of carbonyl (C=O) groups is 1. The third kappa shape index (κ3) is 2.36. The van der Waals surface area contributed by atoms with Gasteiger partial charge in [-0.2, -0.15) is 0 Å². The van der Waals surface area contributed by atoms with Crippen molar-refractivity contribution in [3.63, 3.8) is 0 Å². The molecule has 1 aromatic carbocycles. The highest BCUT2D eigenvalue weighted by Gasteiger charge is 2.22. The number of para-hydroxylation sites is 1. The van der Waals surface area contributed by atoms with Crippen LogP contribution in [0.1, 0.15) is 12.0 Å². The minimum atomic E-state index is -0.840. The van der Waals surface area contributed by atoms with E-state index >= 15 is 0 Å². The summed E-state index contributed by atoms with van der Waals surface area (Å²) in [6.07, 6.45) is 0.0457. The number of hydrogen-bond acceptors (Lipinski definition) is 4. The zero-order valence-corrected chi connectivity index (χ0v) is 9.28. The summed E-state index contributed by atoms with van der Waals surface area (Å²) in [7, 11) is 0. The maximum Gasteiger partial charge on any atom is 0.305 e. The number of aromatic hydroxyl groups is 1. The Morgan fingerprint density at radius 2 is 2.25 bits per heavy atom. The fourth-order valence-corrected chi connectivity index (χ4v) is 2.62. The monoisotopic (exact) mass is 237 g/mol. The third-order valence-corrected chi connectivity index (χ3v) is 3.41. The van der Waals surface area contributed by atoms with Gasteiger partial charge in [-0.05, 0) is 12.1 Å². The Hall–Kier alpha value is -1.49. The van der Waals surface area contributed by atoms with Gasteiger partial charge >= 0.3 is 5.97 Å². The summed E-state index contributed by atoms with van der Waals surface area (Å²) < 4.78 is 0. The van der Waals surface area contributed by atoms with Crippen molar-refractivity contribution < 1.29 is 15.0 Å². The summed E-state index contributed by atoms with van der Waals surface area (Å²) >= 11 is 1.49. The first-order valence-electron chi connectivity index (χ1n) is 4.87. The van der Waals surface area contributed by atoms with Crippen molar-refractivity contribution in [2.24, 2.45) is 4.99 Å². The van der Waals surface area contributed by atoms with E-state index in [1.54, 1.807) is 18.2 Å². The smallest absolute Gasteiger partial charge is 0.305 e. The van der Waals surface area contributed by atoms with Crippen LogP contribution in [0.25, 0.3) is 0 Å². The number of phenols is 1. The summed E-state index contributed by atoms with van der Waals surface area (Å²) in [6.45, 7) is 0. The Bertz CT molecular complexity index is 445. The Balaban J connectivity index is 2.18. The number of thioether (sulfide) groups is 1. The van der Waals surface area contributed by atoms with Crippen LogP contribution in [-0.2, 0) is 4.79 Å². The molecule has 0 fully saturated rings. The van der Waals surface area contributed by atoms with Crippen molar-refractivity contribution in [2.45, 2.75) is 12.5 Å². The normalized spacial score (nSPS) is 19.5. The maximum absolute atomic E-state index is 10.5. The quantitative estimate of drug-likeness (QED) is 0.840. The average molecular weight is 237 g/mol. The largest absolute Gasteiger partial charge is 0.507 e. The summed E-state index contributed by atoms with van der Waals surface area (Å²) in [5.41, 5.74) is 0.681. The van der Waals surface area contributed by atoms with Crippen LogP contribution in [0.3, 0.4) is 0 Å². The maximum atomic E-state index is 10.5. The van der Waals surface area contributed by atoms with Gasteiger partial charge in [0.05, 0.1) is 12.5 Å². The van der Waals surface area contributed by atoms with Crippen LogP contribution < -0.4 is 0 Å². The summed E-state index contributed by atoms with van der Waals surface area (Å²) in [5, 5.41) is 19.0. The van der Waals surface area contributed by atoms with E-state index in [0.717, 1.165) is 5.04 Å². The molecular formula is C11H11NO3S. The second kappa shape index (κ2) is 4.57. The summed E-state index contributed by atoms with van der Waals surface area (Å²) in [5.74, 6) is 0.00767. The number of rotatable bonds is 3. The number of nitrogens with zero attached hydrogens (tertiary/aromatic N) is 1. The van der Waals surface area contributed by atoms with Gasteiger partial charge in [-0.1, -0.05) is 12.1 Å². The second-order valence-electron chi connectivity index (χ2n) is 3.51. The number of aliphatic imine (C=N–C) groups is 1. The SMILES string of the molecule is O=C(O)C[C@H]1CSC(c2ccccc2O)=N1. The molecule has 5 heteroatoms. The van der Waals surface area contributed by atoms with Crippen molar-refractivity contribution in [2.75, 3.05) is 5.75 Å². The molecule has 1 aromatic rings. The molecule has 0 saturated carbocycles. The van der Waals surface area contributed by atoms with Crippen LogP contribution in [0.5, 0.6) is 5.75 Å². The molecule has 0 spiro atoms. The van der Waals surface area contributed by atoms with Gasteiger partial charge in [0.15, 0.2) is 0 Å². The van der Waals surface area contributed by atoms with Gasteiger partial charge < -0.3 is 10.2 Å². The van der Waals surface area contributed by atoms with Crippen LogP contribution in [-0.4, -0.2) is 33.0 Å². The molecule has 1 atom stereocenters. The van der Waals surface area contributed by atoms with E-state index in [9.17, 15) is 9.90 Å². The first-order valence-corrected chi connectivity index (χ1v) is 5.86. The molecule has 0 aliphatic carbocycles. The lowest BCUT2D eigenvalue weighted by atomic mass is 10.2. The Morgan fingerprint density at radius 3 is 2.94 bits per heavy atom. The highest BCUT2D eigenvalue weighted by atomic mass is 32.2. The van der Waals surface area contributed by atoms with Gasteiger partial charge in [-0.3, -0.25) is 9.79 Å². The van der Waals surface area contributed by atoms with Crippen molar-refractivity contribution in [3.8, 4) is 5.75 Å². The van der Waals surface area contributed by atoms with Crippen LogP contribution in [0, 0.1) is 0 Å². The van der Waals surface area contributed by atoms with E-state index in [4.69, 9.17) is 5.11 Å². The lowest BCUT2D eigenvalue weighted by molar-refractivity contribution is -0.137. The molecule has 84 valence electrons. The molecule has 1 aliphatic heterocycles. The predicted octanol–water partition coefficient (Wildman–Crippen LogP) is 1.73. The Labute approximate surface area is 97.0 Å². The molecule has 1 aliphatic rings. The second-order valence-corrected chi connectivity index (χ2v) is 4.52. The molecular weight excluding hydrogens is 226 g/mol. The van der Waals surface area contributed by atoms with E-state index in [1.807, 2.05) is 6.07 Å². The number of benzene rings is 1. The average Bonchev–Trinajstić information content (AvgIpc) is 2.66. The number of hydrogen-bond donors (Lipinski definition) is 2. The Kier molecular flexibility index (Phi) is 3.14. The van der Waals surface area contributed by atoms with Gasteiger partial charge in [-0.15, -0.1) is 11.8 Å². The molecule has 0 radical (unpaired) electrons. The minimum Gasteiger partial charge on any atom is -0.507 e. The third-order valence-electron chi connectivity index (χ3n) is 2.26. The standard InChI is InChI=1S/C11H11NO3S/c13-9-4-2-1-3-8(9)11-12-7(6-16-11)5-10(14)15/h1-4,7,13H,5-6H2,(H,14,15)/t7-/m0/s1. The Morgan fingerprint density at radius 1 is 1.50 bits per heavy atom. The van der Waals surface area contributed by atoms with Gasteiger partial charge in [0.2, 0.25) is 0 Å². The molecule has 0 unspecified atom stereocenters. The summed E-state index contributed by atoms with van der Waals surface area (Å²) in [6, 6.07) is 6.76. The van der Waals surface area contributed by atoms with Gasteiger partial charge in [-0.25, -0.2) is 0 Å². The highest BCUT2D eigenvalue weighted by molar-refractivity contribution is 8.14. The molecule has 0 amide bonds. The first-order chi connectivity index (χ1) is 7.66. The van der Waals surface area contributed by atoms with E-state index in [-0.39, 0.29) is 18.2 Å². The number of carboxylic acids is 1. The van der Waals surface area contributed by atoms with Crippen LogP contribution in [0.2, 0.25) is 0 Å². The number of phenolic OH excluding ortho intramolecular Hbond substituents is 1. The van der Waals surface area contributed by atoms with Crippen molar-refractivity contribution in [1.82, 2.24) is 0 Å². The molecule has 0 bridgehead atoms. The minimum absolute atomic E-state index is 0.0457. The van der Waals surface area contributed by atoms with Gasteiger partial charge in [0, 0.05) is 11.3 Å². The fraction of sp³-hybridized carbons (Fsp3) is 0.273. The van der Waals surface area contributed by atoms with Crippen LogP contribution in [0.15, 0.2) is 29.3 Å². The first kappa shape index (κ1) is 11.0. The van der Waals surface area contributed by atoms with Crippen LogP contribution >= 0.6 is 11.8 Å². The van der Waals surface area contributed by atoms with E-state index in [2.05, 4.69) is 4.99 Å². The molecule has 16 heavy (non-hydrogen) atoms. The number of aliphatic carboxylic acids is 1. The van der Waals surface area contributed by atoms with Crippen molar-refractivity contribution >= 4 is 22.8 Å². The highest BCUT2D eigenvalue weighted by Crippen LogP contribution is 2.29. The van der Waals surface area contributed by atoms with E-state index < -0.39 is 5.97 Å². The number of carboxylic acid groups (broad SMARTS) is 1. The lowest BCUT2D eigenvalue weighted by Crippen LogP contribution is -2.10. The fourth-order valence-electron chi connectivity index (χ4n) is 1.52. The zero-order chi connectivity index (χ0) is 11.5. The topological polar surface area (TPSA) is 69.9 Å². The lowest BCUT2D eigenvalue weighted by Gasteiger charge is -2.01. The molecule has 0 aromatic heterocycles. The van der Waals surface area contributed by atoms with Gasteiger partial charge in [0.25, 0.3) is 0 Å². The van der Waals surface area contributed by atoms with Crippen molar-refractivity contribution in [1.29, 1.82) is 0 Å². The van der Waals surface area contributed by atoms with Gasteiger partial charge in [0.1, 0.15) is 10.8 Å². The molecule has 0 saturated heterocycles. The molecule has 2 N–H and O–H groups in total. The summed E-state index contributed by atoms with van der Waals surface area (Å²) in [4.78, 5) is 14.8. The molecule has 4 nitrogen and oxygen atoms in total. The zero-order valence-electron chi connectivity index (χ0n) is 8.46. The van der Waals surface area contributed by atoms with E-state index in [1.165, 1.54) is 11.8 Å². The van der Waals surface area contributed by atoms with Crippen LogP contribution in [0.4, 0.5) is 0 Å². The molecule has 1 heterocycles. The molecule has 2 rings (SSSR count). The van der Waals surface area contributed by atoms with E-state index in [0.29, 0.717) is 11.3 Å². The predicted molar refractivity (Wildman–Crippen MR) is 63.1 cm³/mol. The van der Waals surface area contributed by atoms with Crippen molar-refractivity contribution in [3.05, 3.63) is 29.8 Å².